The second kappa shape index (κ2) is 7.18. The second-order valence-corrected chi connectivity index (χ2v) is 5.81. The Bertz CT molecular complexity index is 731. The zero-order valence-electron chi connectivity index (χ0n) is 12.9. The summed E-state index contributed by atoms with van der Waals surface area (Å²) in [6, 6.07) is 4.74. The number of nitrogens with zero attached hydrogens (tertiary/aromatic N) is 1. The van der Waals surface area contributed by atoms with E-state index in [1.54, 1.807) is 14.0 Å². The van der Waals surface area contributed by atoms with Crippen molar-refractivity contribution in [3.8, 4) is 0 Å². The molecule has 0 spiro atoms. The highest BCUT2D eigenvalue weighted by Gasteiger charge is 2.34. The van der Waals surface area contributed by atoms with Crippen LogP contribution in [0.25, 0.3) is 0 Å². The van der Waals surface area contributed by atoms with Gasteiger partial charge in [-0.25, -0.2) is 0 Å². The van der Waals surface area contributed by atoms with Crippen LogP contribution in [0.5, 0.6) is 0 Å². The third kappa shape index (κ3) is 3.85. The average Bonchev–Trinajstić information content (AvgIpc) is 2.92. The van der Waals surface area contributed by atoms with Crippen LogP contribution in [-0.4, -0.2) is 29.0 Å². The number of amides is 1. The van der Waals surface area contributed by atoms with E-state index in [4.69, 9.17) is 0 Å². The molecule has 0 fully saturated rings. The normalized spacial score (nSPS) is 12.8. The van der Waals surface area contributed by atoms with Crippen LogP contribution in [0.1, 0.15) is 33.3 Å². The number of aliphatic hydroxyl groups excluding tert-OH is 1. The van der Waals surface area contributed by atoms with Crippen molar-refractivity contribution in [2.75, 3.05) is 18.9 Å². The maximum atomic E-state index is 13.0. The SMILES string of the molecule is CNc1snc(C)c1C(=O)NCC(O)c1ccccc1C(F)(F)F. The van der Waals surface area contributed by atoms with E-state index in [0.717, 1.165) is 17.6 Å². The highest BCUT2D eigenvalue weighted by molar-refractivity contribution is 7.10. The number of aromatic nitrogens is 1. The summed E-state index contributed by atoms with van der Waals surface area (Å²) in [7, 11) is 1.64. The maximum Gasteiger partial charge on any atom is 0.416 e. The van der Waals surface area contributed by atoms with Crippen molar-refractivity contribution in [2.45, 2.75) is 19.2 Å². The first-order valence-corrected chi connectivity index (χ1v) is 7.79. The number of carbonyl (C=O) groups is 1. The smallest absolute Gasteiger partial charge is 0.387 e. The number of anilines is 1. The summed E-state index contributed by atoms with van der Waals surface area (Å²) < 4.78 is 43.0. The molecule has 1 aromatic carbocycles. The molecule has 9 heteroatoms. The van der Waals surface area contributed by atoms with E-state index in [0.29, 0.717) is 16.3 Å². The van der Waals surface area contributed by atoms with Gasteiger partial charge in [-0.05, 0) is 30.1 Å². The molecular weight excluding hydrogens is 343 g/mol. The van der Waals surface area contributed by atoms with Crippen LogP contribution >= 0.6 is 11.5 Å². The summed E-state index contributed by atoms with van der Waals surface area (Å²) >= 11 is 1.11. The number of nitrogens with one attached hydrogen (secondary N) is 2. The van der Waals surface area contributed by atoms with Gasteiger partial charge in [0.15, 0.2) is 0 Å². The highest BCUT2D eigenvalue weighted by Crippen LogP contribution is 2.34. The highest BCUT2D eigenvalue weighted by atomic mass is 32.1. The van der Waals surface area contributed by atoms with Crippen molar-refractivity contribution >= 4 is 22.4 Å². The quantitative estimate of drug-likeness (QED) is 0.767. The molecule has 0 bridgehead atoms. The molecule has 0 saturated carbocycles. The van der Waals surface area contributed by atoms with Crippen LogP contribution in [0.3, 0.4) is 0 Å². The van der Waals surface area contributed by atoms with Gasteiger partial charge in [-0.3, -0.25) is 4.79 Å². The van der Waals surface area contributed by atoms with Gasteiger partial charge in [-0.1, -0.05) is 18.2 Å². The van der Waals surface area contributed by atoms with Crippen LogP contribution in [0.15, 0.2) is 24.3 Å². The first-order valence-electron chi connectivity index (χ1n) is 7.02. The van der Waals surface area contributed by atoms with Crippen LogP contribution in [0.2, 0.25) is 0 Å². The van der Waals surface area contributed by atoms with Gasteiger partial charge in [-0.2, -0.15) is 17.5 Å². The lowest BCUT2D eigenvalue weighted by Gasteiger charge is -2.18. The molecule has 3 N–H and O–H groups in total. The van der Waals surface area contributed by atoms with Crippen molar-refractivity contribution in [3.63, 3.8) is 0 Å². The van der Waals surface area contributed by atoms with Crippen molar-refractivity contribution < 1.29 is 23.1 Å². The fourth-order valence-corrected chi connectivity index (χ4v) is 2.98. The van der Waals surface area contributed by atoms with E-state index in [9.17, 15) is 23.1 Å². The molecule has 1 amide bonds. The number of aryl methyl sites for hydroxylation is 1. The van der Waals surface area contributed by atoms with Crippen molar-refractivity contribution in [1.82, 2.24) is 9.69 Å². The number of aliphatic hydroxyl groups is 1. The summed E-state index contributed by atoms with van der Waals surface area (Å²) in [4.78, 5) is 12.2. The van der Waals surface area contributed by atoms with E-state index < -0.39 is 23.8 Å². The number of halogens is 3. The summed E-state index contributed by atoms with van der Waals surface area (Å²) in [6.45, 7) is 1.31. The van der Waals surface area contributed by atoms with Crippen LogP contribution in [-0.2, 0) is 6.18 Å². The first-order chi connectivity index (χ1) is 11.3. The van der Waals surface area contributed by atoms with Gasteiger partial charge >= 0.3 is 6.18 Å². The minimum Gasteiger partial charge on any atom is -0.387 e. The Hall–Kier alpha value is -2.13. The molecule has 1 heterocycles. The van der Waals surface area contributed by atoms with E-state index in [1.807, 2.05) is 0 Å². The van der Waals surface area contributed by atoms with Gasteiger partial charge in [0.05, 0.1) is 22.9 Å². The Morgan fingerprint density at radius 1 is 1.38 bits per heavy atom. The summed E-state index contributed by atoms with van der Waals surface area (Å²) in [5.74, 6) is -0.505. The number of carbonyl (C=O) groups excluding carboxylic acids is 1. The Balaban J connectivity index is 2.13. The molecule has 2 rings (SSSR count). The number of hydrogen-bond donors (Lipinski definition) is 3. The van der Waals surface area contributed by atoms with Gasteiger partial charge < -0.3 is 15.7 Å². The predicted molar refractivity (Wildman–Crippen MR) is 85.1 cm³/mol. The fourth-order valence-electron chi connectivity index (χ4n) is 2.24. The van der Waals surface area contributed by atoms with Gasteiger partial charge in [0.1, 0.15) is 5.00 Å². The third-order valence-corrected chi connectivity index (χ3v) is 4.35. The van der Waals surface area contributed by atoms with Gasteiger partial charge in [0, 0.05) is 13.6 Å². The van der Waals surface area contributed by atoms with Crippen molar-refractivity contribution in [2.24, 2.45) is 0 Å². The van der Waals surface area contributed by atoms with E-state index in [2.05, 4.69) is 15.0 Å². The van der Waals surface area contributed by atoms with Crippen LogP contribution < -0.4 is 10.6 Å². The molecule has 0 aliphatic heterocycles. The van der Waals surface area contributed by atoms with Gasteiger partial charge in [0.2, 0.25) is 0 Å². The van der Waals surface area contributed by atoms with E-state index in [-0.39, 0.29) is 12.1 Å². The molecular formula is C15H16F3N3O2S. The third-order valence-electron chi connectivity index (χ3n) is 3.40. The van der Waals surface area contributed by atoms with E-state index >= 15 is 0 Å². The molecule has 2 aromatic rings. The molecule has 0 saturated heterocycles. The Morgan fingerprint density at radius 2 is 2.04 bits per heavy atom. The zero-order chi connectivity index (χ0) is 17.9. The lowest BCUT2D eigenvalue weighted by molar-refractivity contribution is -0.139. The molecule has 1 aromatic heterocycles. The van der Waals surface area contributed by atoms with Crippen molar-refractivity contribution in [1.29, 1.82) is 0 Å². The Labute approximate surface area is 140 Å². The second-order valence-electron chi connectivity index (χ2n) is 5.03. The molecule has 130 valence electrons. The van der Waals surface area contributed by atoms with Gasteiger partial charge in [-0.15, -0.1) is 0 Å². The number of rotatable bonds is 5. The standard InChI is InChI=1S/C15H16F3N3O2S/c1-8-12(14(19-2)24-21-8)13(23)20-7-11(22)9-5-3-4-6-10(9)15(16,17)18/h3-6,11,19,22H,7H2,1-2H3,(H,20,23). The fraction of sp³-hybridized carbons (Fsp3) is 0.333. The van der Waals surface area contributed by atoms with Crippen LogP contribution in [0.4, 0.5) is 18.2 Å². The summed E-state index contributed by atoms with van der Waals surface area (Å²) in [6.07, 6.45) is -6.05. The number of alkyl halides is 3. The first kappa shape index (κ1) is 18.2. The monoisotopic (exact) mass is 359 g/mol. The predicted octanol–water partition coefficient (Wildman–Crippen LogP) is 2.98. The van der Waals surface area contributed by atoms with Crippen LogP contribution in [0, 0.1) is 6.92 Å². The molecule has 0 aliphatic carbocycles. The number of hydrogen-bond acceptors (Lipinski definition) is 5. The maximum absolute atomic E-state index is 13.0. The molecule has 0 radical (unpaired) electrons. The minimum atomic E-state index is -4.57. The Morgan fingerprint density at radius 3 is 2.67 bits per heavy atom. The average molecular weight is 359 g/mol. The summed E-state index contributed by atoms with van der Waals surface area (Å²) in [5.41, 5.74) is -0.374. The lowest BCUT2D eigenvalue weighted by atomic mass is 10.0. The molecule has 1 unspecified atom stereocenters. The largest absolute Gasteiger partial charge is 0.416 e. The minimum absolute atomic E-state index is 0.278. The van der Waals surface area contributed by atoms with E-state index in [1.165, 1.54) is 18.2 Å². The lowest BCUT2D eigenvalue weighted by Crippen LogP contribution is -2.30. The topological polar surface area (TPSA) is 74.2 Å². The zero-order valence-corrected chi connectivity index (χ0v) is 13.8. The molecule has 1 atom stereocenters. The molecule has 5 nitrogen and oxygen atoms in total. The van der Waals surface area contributed by atoms with Crippen molar-refractivity contribution in [3.05, 3.63) is 46.6 Å². The molecule has 24 heavy (non-hydrogen) atoms. The Kier molecular flexibility index (Phi) is 5.45. The summed E-state index contributed by atoms with van der Waals surface area (Å²) in [5, 5.41) is 15.9. The number of benzene rings is 1. The van der Waals surface area contributed by atoms with Gasteiger partial charge in [0.25, 0.3) is 5.91 Å². The molecule has 0 aliphatic rings.